The molecule has 52 heavy (non-hydrogen) atoms. The summed E-state index contributed by atoms with van der Waals surface area (Å²) in [6.07, 6.45) is 0. The van der Waals surface area contributed by atoms with Crippen LogP contribution in [0.15, 0.2) is 182 Å². The Hall–Kier alpha value is -6.23. The molecule has 1 aromatic heterocycles. The fourth-order valence-electron chi connectivity index (χ4n) is 6.52. The maximum absolute atomic E-state index is 4.90. The second-order valence-corrected chi connectivity index (χ2v) is 19.3. The van der Waals surface area contributed by atoms with Gasteiger partial charge in [0.15, 0.2) is 17.5 Å². The monoisotopic (exact) mass is 685 g/mol. The minimum Gasteiger partial charge on any atom is -0.208 e. The molecule has 0 spiro atoms. The van der Waals surface area contributed by atoms with Gasteiger partial charge >= 0.3 is 0 Å². The van der Waals surface area contributed by atoms with Crippen LogP contribution < -0.4 is 5.19 Å². The van der Waals surface area contributed by atoms with Crippen molar-refractivity contribution in [2.24, 2.45) is 0 Å². The highest BCUT2D eigenvalue weighted by Gasteiger charge is 2.16. The summed E-state index contributed by atoms with van der Waals surface area (Å²) in [5, 5.41) is 1.49. The van der Waals surface area contributed by atoms with Crippen LogP contribution in [-0.2, 0) is 0 Å². The van der Waals surface area contributed by atoms with Gasteiger partial charge in [-0.1, -0.05) is 195 Å². The van der Waals surface area contributed by atoms with Crippen LogP contribution in [0.2, 0.25) is 19.6 Å². The van der Waals surface area contributed by atoms with Gasteiger partial charge in [-0.2, -0.15) is 0 Å². The van der Waals surface area contributed by atoms with E-state index >= 15 is 0 Å². The predicted molar refractivity (Wildman–Crippen MR) is 221 cm³/mol. The lowest BCUT2D eigenvalue weighted by molar-refractivity contribution is 1.07. The average Bonchev–Trinajstić information content (AvgIpc) is 3.21. The Balaban J connectivity index is 1.04. The van der Waals surface area contributed by atoms with E-state index < -0.39 is 8.07 Å². The van der Waals surface area contributed by atoms with Crippen molar-refractivity contribution >= 4 is 13.3 Å². The second-order valence-electron chi connectivity index (χ2n) is 14.2. The summed E-state index contributed by atoms with van der Waals surface area (Å²) in [6.45, 7) is 7.17. The fourth-order valence-corrected chi connectivity index (χ4v) is 7.69. The van der Waals surface area contributed by atoms with Crippen molar-refractivity contribution in [3.8, 4) is 78.7 Å². The minimum absolute atomic E-state index is 0.651. The molecule has 250 valence electrons. The van der Waals surface area contributed by atoms with Crippen molar-refractivity contribution in [1.29, 1.82) is 0 Å². The summed E-state index contributed by atoms with van der Waals surface area (Å²) < 4.78 is 0. The number of nitrogens with zero attached hydrogens (tertiary/aromatic N) is 3. The third kappa shape index (κ3) is 7.16. The summed E-state index contributed by atoms with van der Waals surface area (Å²) in [4.78, 5) is 14.6. The normalized spacial score (nSPS) is 11.4. The molecule has 0 saturated heterocycles. The number of aromatic nitrogens is 3. The Morgan fingerprint density at radius 3 is 0.904 bits per heavy atom. The fraction of sp³-hybridized carbons (Fsp3) is 0.0625. The summed E-state index contributed by atoms with van der Waals surface area (Å²) in [7, 11) is -1.31. The molecule has 0 atom stereocenters. The van der Waals surface area contributed by atoms with Gasteiger partial charge in [0.1, 0.15) is 0 Å². The predicted octanol–water partition coefficient (Wildman–Crippen LogP) is 12.1. The molecule has 7 aromatic carbocycles. The first-order valence-electron chi connectivity index (χ1n) is 17.8. The average molecular weight is 686 g/mol. The van der Waals surface area contributed by atoms with Crippen molar-refractivity contribution in [3.63, 3.8) is 0 Å². The lowest BCUT2D eigenvalue weighted by atomic mass is 9.95. The number of rotatable bonds is 8. The lowest BCUT2D eigenvalue weighted by Gasteiger charge is -2.16. The first kappa shape index (κ1) is 32.9. The molecule has 4 heteroatoms. The lowest BCUT2D eigenvalue weighted by Crippen LogP contribution is -2.37. The molecular formula is C48H39N3Si. The van der Waals surface area contributed by atoms with Gasteiger partial charge in [-0.25, -0.2) is 15.0 Å². The van der Waals surface area contributed by atoms with Gasteiger partial charge in [-0.05, 0) is 56.6 Å². The highest BCUT2D eigenvalue weighted by Crippen LogP contribution is 2.32. The molecule has 0 saturated carbocycles. The molecule has 0 unspecified atom stereocenters. The number of hydrogen-bond donors (Lipinski definition) is 0. The maximum atomic E-state index is 4.90. The van der Waals surface area contributed by atoms with Crippen LogP contribution in [0.4, 0.5) is 0 Å². The van der Waals surface area contributed by atoms with Crippen LogP contribution in [0.3, 0.4) is 0 Å². The van der Waals surface area contributed by atoms with Gasteiger partial charge in [0.2, 0.25) is 0 Å². The Morgan fingerprint density at radius 1 is 0.269 bits per heavy atom. The topological polar surface area (TPSA) is 38.7 Å². The van der Waals surface area contributed by atoms with E-state index in [0.29, 0.717) is 17.5 Å². The van der Waals surface area contributed by atoms with E-state index in [4.69, 9.17) is 15.0 Å². The smallest absolute Gasteiger partial charge is 0.164 e. The molecule has 0 bridgehead atoms. The summed E-state index contributed by atoms with van der Waals surface area (Å²) >= 11 is 0. The molecule has 3 nitrogen and oxygen atoms in total. The van der Waals surface area contributed by atoms with Gasteiger partial charge < -0.3 is 0 Å². The Bertz CT molecular complexity index is 2390. The number of hydrogen-bond acceptors (Lipinski definition) is 3. The molecular weight excluding hydrogens is 647 g/mol. The summed E-state index contributed by atoms with van der Waals surface area (Å²) in [6, 6.07) is 64.3. The summed E-state index contributed by atoms with van der Waals surface area (Å²) in [5.74, 6) is 1.97. The third-order valence-corrected chi connectivity index (χ3v) is 11.6. The molecule has 0 aliphatic heterocycles. The zero-order chi connectivity index (χ0) is 35.5. The van der Waals surface area contributed by atoms with E-state index in [1.165, 1.54) is 38.6 Å². The van der Waals surface area contributed by atoms with Crippen LogP contribution in [0.25, 0.3) is 78.7 Å². The molecule has 8 rings (SSSR count). The van der Waals surface area contributed by atoms with Gasteiger partial charge in [-0.15, -0.1) is 0 Å². The van der Waals surface area contributed by atoms with Crippen LogP contribution in [-0.4, -0.2) is 23.0 Å². The Labute approximate surface area is 307 Å². The quantitative estimate of drug-likeness (QED) is 0.149. The first-order valence-corrected chi connectivity index (χ1v) is 21.3. The van der Waals surface area contributed by atoms with Crippen molar-refractivity contribution in [1.82, 2.24) is 15.0 Å². The van der Waals surface area contributed by atoms with Crippen molar-refractivity contribution in [2.75, 3.05) is 0 Å². The van der Waals surface area contributed by atoms with E-state index in [0.717, 1.165) is 27.8 Å². The van der Waals surface area contributed by atoms with Gasteiger partial charge in [-0.3, -0.25) is 0 Å². The van der Waals surface area contributed by atoms with Crippen molar-refractivity contribution in [3.05, 3.63) is 182 Å². The molecule has 0 amide bonds. The SMILES string of the molecule is C[Si](C)(C)c1ccc(-c2ccc(-c3cccc(-c4cccc(-c5ccc(-c6nc(-c7ccccc7)nc(-c7ccccc7)n6)cc5)c4)c3)cc2)cc1. The highest BCUT2D eigenvalue weighted by molar-refractivity contribution is 6.88. The largest absolute Gasteiger partial charge is 0.208 e. The Morgan fingerprint density at radius 2 is 0.538 bits per heavy atom. The minimum atomic E-state index is -1.31. The molecule has 0 aliphatic carbocycles. The van der Waals surface area contributed by atoms with Gasteiger partial charge in [0.05, 0.1) is 8.07 Å². The summed E-state index contributed by atoms with van der Waals surface area (Å²) in [5.41, 5.74) is 12.4. The standard InChI is InChI=1S/C48H39N3Si/c1-52(2,3)45-30-28-35(29-31-45)34-20-22-36(23-21-34)41-16-10-18-43(32-41)44-19-11-17-42(33-44)37-24-26-40(27-25-37)48-50-46(38-12-6-4-7-13-38)49-47(51-48)39-14-8-5-9-15-39/h4-33H,1-3H3. The molecule has 0 radical (unpaired) electrons. The maximum Gasteiger partial charge on any atom is 0.164 e. The van der Waals surface area contributed by atoms with Crippen LogP contribution in [0, 0.1) is 0 Å². The van der Waals surface area contributed by atoms with Crippen LogP contribution >= 0.6 is 0 Å². The van der Waals surface area contributed by atoms with E-state index in [2.05, 4.69) is 141 Å². The first-order chi connectivity index (χ1) is 25.4. The second kappa shape index (κ2) is 14.2. The van der Waals surface area contributed by atoms with Gasteiger partial charge in [0, 0.05) is 16.7 Å². The van der Waals surface area contributed by atoms with Crippen LogP contribution in [0.5, 0.6) is 0 Å². The highest BCUT2D eigenvalue weighted by atomic mass is 28.3. The molecule has 0 fully saturated rings. The van der Waals surface area contributed by atoms with E-state index in [1.54, 1.807) is 0 Å². The molecule has 0 N–H and O–H groups in total. The van der Waals surface area contributed by atoms with Gasteiger partial charge in [0.25, 0.3) is 0 Å². The van der Waals surface area contributed by atoms with Crippen molar-refractivity contribution in [2.45, 2.75) is 19.6 Å². The van der Waals surface area contributed by atoms with E-state index in [9.17, 15) is 0 Å². The molecule has 1 heterocycles. The molecule has 0 aliphatic rings. The Kier molecular flexibility index (Phi) is 8.98. The third-order valence-electron chi connectivity index (χ3n) is 9.54. The van der Waals surface area contributed by atoms with E-state index in [-0.39, 0.29) is 0 Å². The van der Waals surface area contributed by atoms with E-state index in [1.807, 2.05) is 60.7 Å². The number of benzene rings is 7. The van der Waals surface area contributed by atoms with Crippen molar-refractivity contribution < 1.29 is 0 Å². The zero-order valence-corrected chi connectivity index (χ0v) is 30.7. The molecule has 8 aromatic rings. The van der Waals surface area contributed by atoms with Crippen LogP contribution in [0.1, 0.15) is 0 Å². The zero-order valence-electron chi connectivity index (χ0n) is 29.7.